The lowest BCUT2D eigenvalue weighted by molar-refractivity contribution is 0.103. The first-order valence-corrected chi connectivity index (χ1v) is 15.6. The van der Waals surface area contributed by atoms with Gasteiger partial charge in [-0.3, -0.25) is 19.0 Å². The summed E-state index contributed by atoms with van der Waals surface area (Å²) in [6.45, 7) is 0. The Morgan fingerprint density at radius 3 is 1.98 bits per heavy atom. The molecule has 51 heavy (non-hydrogen) atoms. The van der Waals surface area contributed by atoms with E-state index < -0.39 is 28.9 Å². The normalized spacial score (nSPS) is 10.4. The molecule has 0 saturated carbocycles. The summed E-state index contributed by atoms with van der Waals surface area (Å²) in [6, 6.07) is 27.9. The molecule has 0 unspecified atom stereocenters. The van der Waals surface area contributed by atoms with Crippen LogP contribution in [0.25, 0.3) is 28.2 Å². The summed E-state index contributed by atoms with van der Waals surface area (Å²) >= 11 is 11.5. The van der Waals surface area contributed by atoms with Crippen molar-refractivity contribution in [2.45, 2.75) is 0 Å². The minimum Gasteiger partial charge on any atom is -0.506 e. The molecule has 3 aromatic heterocycles. The molecule has 0 spiro atoms. The van der Waals surface area contributed by atoms with Crippen LogP contribution in [0.5, 0.6) is 23.0 Å². The quantitative estimate of drug-likeness (QED) is 0.102. The van der Waals surface area contributed by atoms with Crippen LogP contribution < -0.4 is 0 Å². The maximum atomic E-state index is 13.8. The van der Waals surface area contributed by atoms with Crippen LogP contribution in [0, 0.1) is 11.6 Å². The van der Waals surface area contributed by atoms with Gasteiger partial charge in [-0.15, -0.1) is 0 Å². The number of fused-ring (bicyclic) bond motifs is 1. The van der Waals surface area contributed by atoms with Crippen LogP contribution in [0.2, 0.25) is 10.0 Å². The van der Waals surface area contributed by atoms with E-state index in [0.717, 1.165) is 6.07 Å². The maximum absolute atomic E-state index is 13.8. The Balaban J connectivity index is 0.000000166. The summed E-state index contributed by atoms with van der Waals surface area (Å²) in [5, 5.41) is 39.2. The molecule has 256 valence electrons. The van der Waals surface area contributed by atoms with Crippen molar-refractivity contribution in [3.63, 3.8) is 0 Å². The number of para-hydroxylation sites is 4. The fourth-order valence-corrected chi connectivity index (χ4v) is 5.15. The van der Waals surface area contributed by atoms with Gasteiger partial charge in [0.2, 0.25) is 5.78 Å². The average Bonchev–Trinajstić information content (AvgIpc) is 3.53. The number of benzene rings is 4. The molecule has 0 aliphatic heterocycles. The fourth-order valence-electron chi connectivity index (χ4n) is 4.79. The highest BCUT2D eigenvalue weighted by Crippen LogP contribution is 2.39. The van der Waals surface area contributed by atoms with Gasteiger partial charge in [0, 0.05) is 18.0 Å². The molecular formula is C38H25Cl2F2N3O6. The Morgan fingerprint density at radius 1 is 0.667 bits per heavy atom. The lowest BCUT2D eigenvalue weighted by atomic mass is 10.1. The molecule has 7 aromatic rings. The predicted octanol–water partition coefficient (Wildman–Crippen LogP) is 8.89. The van der Waals surface area contributed by atoms with E-state index in [2.05, 4.69) is 9.97 Å². The molecule has 0 aliphatic rings. The smallest absolute Gasteiger partial charge is 0.215 e. The Morgan fingerprint density at radius 2 is 1.29 bits per heavy atom. The molecule has 7 rings (SSSR count). The van der Waals surface area contributed by atoms with Gasteiger partial charge in [0.1, 0.15) is 28.7 Å². The lowest BCUT2D eigenvalue weighted by Crippen LogP contribution is -2.04. The van der Waals surface area contributed by atoms with Crippen LogP contribution >= 0.6 is 23.2 Å². The van der Waals surface area contributed by atoms with E-state index >= 15 is 0 Å². The summed E-state index contributed by atoms with van der Waals surface area (Å²) in [7, 11) is 0. The summed E-state index contributed by atoms with van der Waals surface area (Å²) in [5.41, 5.74) is 2.09. The van der Waals surface area contributed by atoms with Crippen molar-refractivity contribution in [3.05, 3.63) is 160 Å². The van der Waals surface area contributed by atoms with Gasteiger partial charge in [-0.05, 0) is 72.8 Å². The molecule has 13 heteroatoms. The SMILES string of the molecule is O=C(c1ccccn1)c1cccc(F)c1O.O=Cc1cccc(Cl)c1O.Oc1c(F)cccc1-c1nc(-c2cccc(Cl)c2O)n2ccccc12. The molecule has 4 aromatic carbocycles. The Kier molecular flexibility index (Phi) is 11.2. The van der Waals surface area contributed by atoms with Gasteiger partial charge in [-0.2, -0.15) is 0 Å². The van der Waals surface area contributed by atoms with E-state index in [1.165, 1.54) is 48.7 Å². The van der Waals surface area contributed by atoms with Crippen molar-refractivity contribution in [1.29, 1.82) is 0 Å². The number of phenolic OH excluding ortho intramolecular Hbond substituents is 4. The number of phenols is 4. The van der Waals surface area contributed by atoms with Gasteiger partial charge >= 0.3 is 0 Å². The number of aromatic nitrogens is 3. The standard InChI is InChI=1S/C19H12ClFN2O2.C12H8FNO2.C7H5ClO2/c20-13-7-3-6-12(17(13)24)19-22-16(15-9-1-2-10-23(15)19)11-5-4-8-14(21)18(11)25;13-9-5-3-4-8(11(9)15)12(16)10-6-1-2-7-14-10;8-6-3-1-2-5(4-9)7(6)10/h1-10,24-25H;1-7,15H;1-4,10H. The highest BCUT2D eigenvalue weighted by atomic mass is 35.5. The Bertz CT molecular complexity index is 2290. The Hall–Kier alpha value is -6.30. The number of aromatic hydroxyl groups is 4. The van der Waals surface area contributed by atoms with Gasteiger partial charge in [-0.25, -0.2) is 13.8 Å². The second kappa shape index (κ2) is 15.9. The van der Waals surface area contributed by atoms with Crippen molar-refractivity contribution in [2.24, 2.45) is 0 Å². The molecule has 0 aliphatic carbocycles. The predicted molar refractivity (Wildman–Crippen MR) is 189 cm³/mol. The third kappa shape index (κ3) is 7.80. The highest BCUT2D eigenvalue weighted by molar-refractivity contribution is 6.32. The van der Waals surface area contributed by atoms with E-state index in [0.29, 0.717) is 28.9 Å². The second-order valence-corrected chi connectivity index (χ2v) is 11.3. The van der Waals surface area contributed by atoms with Crippen molar-refractivity contribution >= 4 is 40.8 Å². The first kappa shape index (κ1) is 36.0. The highest BCUT2D eigenvalue weighted by Gasteiger charge is 2.20. The lowest BCUT2D eigenvalue weighted by Gasteiger charge is -2.05. The maximum Gasteiger partial charge on any atom is 0.215 e. The second-order valence-electron chi connectivity index (χ2n) is 10.5. The van der Waals surface area contributed by atoms with Gasteiger partial charge in [0.25, 0.3) is 0 Å². The number of hydrogen-bond donors (Lipinski definition) is 4. The zero-order valence-corrected chi connectivity index (χ0v) is 27.6. The van der Waals surface area contributed by atoms with Gasteiger partial charge in [-0.1, -0.05) is 59.6 Å². The number of aldehydes is 1. The van der Waals surface area contributed by atoms with Crippen LogP contribution in [-0.2, 0) is 0 Å². The largest absolute Gasteiger partial charge is 0.506 e. The van der Waals surface area contributed by atoms with Gasteiger partial charge in [0.05, 0.1) is 32.3 Å². The van der Waals surface area contributed by atoms with Gasteiger partial charge in [0.15, 0.2) is 29.4 Å². The molecule has 3 heterocycles. The van der Waals surface area contributed by atoms with E-state index in [-0.39, 0.29) is 43.9 Å². The monoisotopic (exact) mass is 727 g/mol. The molecule has 0 bridgehead atoms. The summed E-state index contributed by atoms with van der Waals surface area (Å²) < 4.78 is 28.6. The number of halogens is 4. The topological polar surface area (TPSA) is 145 Å². The van der Waals surface area contributed by atoms with Gasteiger partial charge < -0.3 is 20.4 Å². The molecule has 0 atom stereocenters. The summed E-state index contributed by atoms with van der Waals surface area (Å²) in [4.78, 5) is 30.4. The van der Waals surface area contributed by atoms with E-state index in [4.69, 9.17) is 28.3 Å². The zero-order chi connectivity index (χ0) is 36.7. The first-order chi connectivity index (χ1) is 24.5. The van der Waals surface area contributed by atoms with E-state index in [1.54, 1.807) is 59.1 Å². The fraction of sp³-hybridized carbons (Fsp3) is 0. The van der Waals surface area contributed by atoms with Crippen LogP contribution in [0.1, 0.15) is 26.4 Å². The molecule has 0 saturated heterocycles. The van der Waals surface area contributed by atoms with E-state index in [1.807, 2.05) is 12.1 Å². The third-order valence-electron chi connectivity index (χ3n) is 7.29. The minimum absolute atomic E-state index is 0.0845. The number of pyridine rings is 2. The molecule has 0 amide bonds. The number of carbonyl (C=O) groups excluding carboxylic acids is 2. The number of ketones is 1. The number of nitrogens with zero attached hydrogens (tertiary/aromatic N) is 3. The van der Waals surface area contributed by atoms with Crippen LogP contribution in [0.15, 0.2) is 122 Å². The molecule has 0 fully saturated rings. The van der Waals surface area contributed by atoms with Crippen molar-refractivity contribution in [1.82, 2.24) is 14.4 Å². The number of carbonyl (C=O) groups is 2. The minimum atomic E-state index is -0.818. The van der Waals surface area contributed by atoms with Crippen LogP contribution in [0.4, 0.5) is 8.78 Å². The van der Waals surface area contributed by atoms with Crippen molar-refractivity contribution in [2.75, 3.05) is 0 Å². The first-order valence-electron chi connectivity index (χ1n) is 14.8. The van der Waals surface area contributed by atoms with E-state index in [9.17, 15) is 33.7 Å². The molecule has 0 radical (unpaired) electrons. The summed E-state index contributed by atoms with van der Waals surface area (Å²) in [5.74, 6) is -2.95. The number of imidazole rings is 1. The Labute approximate surface area is 298 Å². The van der Waals surface area contributed by atoms with Crippen molar-refractivity contribution < 1.29 is 38.8 Å². The van der Waals surface area contributed by atoms with Crippen LogP contribution in [0.3, 0.4) is 0 Å². The summed E-state index contributed by atoms with van der Waals surface area (Å²) in [6.07, 6.45) is 3.79. The van der Waals surface area contributed by atoms with Crippen molar-refractivity contribution in [3.8, 4) is 45.6 Å². The third-order valence-corrected chi connectivity index (χ3v) is 7.90. The van der Waals surface area contributed by atoms with Crippen LogP contribution in [-0.4, -0.2) is 46.9 Å². The molecular weight excluding hydrogens is 703 g/mol. The molecule has 9 nitrogen and oxygen atoms in total. The average molecular weight is 729 g/mol. The zero-order valence-electron chi connectivity index (χ0n) is 26.1. The number of rotatable bonds is 5. The number of hydrogen-bond acceptors (Lipinski definition) is 8. The molecule has 4 N–H and O–H groups in total.